The number of fused-ring (bicyclic) bond motifs is 1. The van der Waals surface area contributed by atoms with Gasteiger partial charge in [0.2, 0.25) is 0 Å². The molecule has 8 heteroatoms. The van der Waals surface area contributed by atoms with E-state index in [2.05, 4.69) is 37.8 Å². The Kier molecular flexibility index (Phi) is 9.35. The van der Waals surface area contributed by atoms with Gasteiger partial charge >= 0.3 is 11.9 Å². The lowest BCUT2D eigenvalue weighted by molar-refractivity contribution is -0.136. The molecule has 231 valence electrons. The fourth-order valence-corrected chi connectivity index (χ4v) is 6.82. The van der Waals surface area contributed by atoms with E-state index in [4.69, 9.17) is 4.99 Å². The average Bonchev–Trinajstić information content (AvgIpc) is 3.50. The monoisotopic (exact) mass is 593 g/mol. The van der Waals surface area contributed by atoms with Crippen LogP contribution in [0.1, 0.15) is 95.8 Å². The molecular formula is C35H44F3N4O. The number of halogens is 3. The topological polar surface area (TPSA) is 42.0 Å². The number of hydrogen-bond donors (Lipinski definition) is 0. The van der Waals surface area contributed by atoms with E-state index >= 15 is 0 Å². The van der Waals surface area contributed by atoms with Gasteiger partial charge in [0.05, 0.1) is 16.8 Å². The molecule has 0 spiro atoms. The number of allylic oxidation sites excluding steroid dienone is 1. The fourth-order valence-electron chi connectivity index (χ4n) is 6.82. The van der Waals surface area contributed by atoms with Gasteiger partial charge in [0, 0.05) is 37.1 Å². The van der Waals surface area contributed by atoms with Gasteiger partial charge < -0.3 is 0 Å². The van der Waals surface area contributed by atoms with Crippen LogP contribution in [0.3, 0.4) is 0 Å². The van der Waals surface area contributed by atoms with E-state index in [1.807, 2.05) is 26.0 Å². The van der Waals surface area contributed by atoms with Gasteiger partial charge in [0.1, 0.15) is 6.04 Å². The SMILES string of the molecule is CC.CCC1=N[C]([C@@H](c2cccc(-n3cc4c(C(F)(F)F)cc(CN5CCC[C@H](C)C5)cn4c3=O)c2)C2CCC2)C(C)=C1. The van der Waals surface area contributed by atoms with Crippen LogP contribution in [0.4, 0.5) is 13.2 Å². The Labute approximate surface area is 253 Å². The third-order valence-electron chi connectivity index (χ3n) is 9.11. The number of nitrogens with zero attached hydrogens (tertiary/aromatic N) is 4. The third-order valence-corrected chi connectivity index (χ3v) is 9.11. The molecule has 0 N–H and O–H groups in total. The second-order valence-electron chi connectivity index (χ2n) is 12.2. The molecule has 2 aromatic heterocycles. The molecule has 3 aromatic rings. The minimum absolute atomic E-state index is 0.0982. The lowest BCUT2D eigenvalue weighted by Crippen LogP contribution is -2.34. The molecule has 6 rings (SSSR count). The molecule has 43 heavy (non-hydrogen) atoms. The lowest BCUT2D eigenvalue weighted by atomic mass is 9.69. The van der Waals surface area contributed by atoms with Gasteiger partial charge in [-0.05, 0) is 98.4 Å². The number of likely N-dealkylation sites (tertiary alicyclic amines) is 1. The zero-order valence-electron chi connectivity index (χ0n) is 26.0. The van der Waals surface area contributed by atoms with Crippen molar-refractivity contribution >= 4 is 11.2 Å². The van der Waals surface area contributed by atoms with Crippen molar-refractivity contribution in [2.24, 2.45) is 16.8 Å². The highest BCUT2D eigenvalue weighted by atomic mass is 19.4. The Hall–Kier alpha value is -3.13. The van der Waals surface area contributed by atoms with Crippen LogP contribution in [0, 0.1) is 17.9 Å². The summed E-state index contributed by atoms with van der Waals surface area (Å²) in [6.45, 7) is 12.5. The first-order valence-corrected chi connectivity index (χ1v) is 15.9. The Morgan fingerprint density at radius 1 is 1.07 bits per heavy atom. The molecular weight excluding hydrogens is 549 g/mol. The molecule has 1 saturated heterocycles. The first-order chi connectivity index (χ1) is 20.6. The number of imidazole rings is 1. The summed E-state index contributed by atoms with van der Waals surface area (Å²) in [6, 6.07) is 10.0. The summed E-state index contributed by atoms with van der Waals surface area (Å²) >= 11 is 0. The normalized spacial score (nSPS) is 20.8. The molecule has 0 bridgehead atoms. The molecule has 1 radical (unpaired) electrons. The van der Waals surface area contributed by atoms with Gasteiger partial charge in [-0.25, -0.2) is 4.79 Å². The maximum Gasteiger partial charge on any atom is 0.418 e. The number of pyridine rings is 1. The van der Waals surface area contributed by atoms with Crippen LogP contribution >= 0.6 is 0 Å². The number of aliphatic imine (C=N–C) groups is 1. The molecule has 1 aliphatic carbocycles. The maximum atomic E-state index is 14.3. The van der Waals surface area contributed by atoms with Crippen molar-refractivity contribution in [3.8, 4) is 5.69 Å². The molecule has 1 saturated carbocycles. The predicted octanol–water partition coefficient (Wildman–Crippen LogP) is 8.59. The highest BCUT2D eigenvalue weighted by Gasteiger charge is 2.38. The molecule has 1 aromatic carbocycles. The third kappa shape index (κ3) is 6.40. The molecule has 2 aliphatic heterocycles. The van der Waals surface area contributed by atoms with Gasteiger partial charge in [-0.1, -0.05) is 46.2 Å². The summed E-state index contributed by atoms with van der Waals surface area (Å²) < 4.78 is 45.4. The predicted molar refractivity (Wildman–Crippen MR) is 168 cm³/mol. The van der Waals surface area contributed by atoms with Crippen LogP contribution < -0.4 is 5.69 Å². The molecule has 5 nitrogen and oxygen atoms in total. The van der Waals surface area contributed by atoms with Crippen LogP contribution in [0.5, 0.6) is 0 Å². The van der Waals surface area contributed by atoms with Crippen LogP contribution in [0.25, 0.3) is 11.2 Å². The maximum absolute atomic E-state index is 14.3. The van der Waals surface area contributed by atoms with E-state index in [9.17, 15) is 18.0 Å². The Balaban J connectivity index is 0.00000180. The van der Waals surface area contributed by atoms with Gasteiger partial charge in [-0.3, -0.25) is 18.9 Å². The minimum atomic E-state index is -4.58. The van der Waals surface area contributed by atoms with E-state index in [1.54, 1.807) is 12.3 Å². The quantitative estimate of drug-likeness (QED) is 0.275. The zero-order valence-corrected chi connectivity index (χ0v) is 26.0. The van der Waals surface area contributed by atoms with Gasteiger partial charge in [-0.15, -0.1) is 0 Å². The highest BCUT2D eigenvalue weighted by molar-refractivity contribution is 5.99. The first kappa shape index (κ1) is 31.3. The molecule has 2 fully saturated rings. The summed E-state index contributed by atoms with van der Waals surface area (Å²) in [5.74, 6) is 1.07. The Bertz CT molecular complexity index is 1560. The highest BCUT2D eigenvalue weighted by Crippen LogP contribution is 2.49. The number of benzene rings is 1. The summed E-state index contributed by atoms with van der Waals surface area (Å²) in [6.07, 6.45) is 6.95. The number of aromatic nitrogens is 2. The first-order valence-electron chi connectivity index (χ1n) is 15.9. The molecule has 4 heterocycles. The second-order valence-corrected chi connectivity index (χ2v) is 12.2. The van der Waals surface area contributed by atoms with Gasteiger partial charge in [0.15, 0.2) is 0 Å². The molecule has 2 atom stereocenters. The largest absolute Gasteiger partial charge is 0.418 e. The number of hydrogen-bond acceptors (Lipinski definition) is 3. The summed E-state index contributed by atoms with van der Waals surface area (Å²) in [5.41, 5.74) is 2.97. The van der Waals surface area contributed by atoms with Gasteiger partial charge in [-0.2, -0.15) is 13.2 Å². The van der Waals surface area contributed by atoms with Crippen LogP contribution in [-0.2, 0) is 12.7 Å². The van der Waals surface area contributed by atoms with E-state index < -0.39 is 17.4 Å². The van der Waals surface area contributed by atoms with Crippen molar-refractivity contribution in [1.29, 1.82) is 0 Å². The van der Waals surface area contributed by atoms with Crippen molar-refractivity contribution in [2.75, 3.05) is 13.1 Å². The van der Waals surface area contributed by atoms with E-state index in [1.165, 1.54) is 33.2 Å². The van der Waals surface area contributed by atoms with Crippen LogP contribution in [0.2, 0.25) is 0 Å². The van der Waals surface area contributed by atoms with E-state index in [0.717, 1.165) is 62.5 Å². The Morgan fingerprint density at radius 2 is 1.84 bits per heavy atom. The smallest absolute Gasteiger partial charge is 0.299 e. The van der Waals surface area contributed by atoms with Crippen molar-refractivity contribution in [2.45, 2.75) is 91.8 Å². The second kappa shape index (κ2) is 12.8. The van der Waals surface area contributed by atoms with Gasteiger partial charge in [0.25, 0.3) is 0 Å². The number of piperidine rings is 1. The Morgan fingerprint density at radius 3 is 2.47 bits per heavy atom. The molecule has 0 amide bonds. The molecule has 0 unspecified atom stereocenters. The van der Waals surface area contributed by atoms with Crippen LogP contribution in [0.15, 0.2) is 64.2 Å². The van der Waals surface area contributed by atoms with Crippen molar-refractivity contribution in [3.63, 3.8) is 0 Å². The standard InChI is InChI=1S/C33H38F3N4O.C2H6/c1-4-26-14-22(3)31(37-26)30(24-9-5-10-24)25-11-6-12-27(16-25)39-20-29-28(33(34,35)36)15-23(19-40(29)32(39)41)18-38-13-7-8-21(2)17-38;1-2/h6,11-12,14-16,19-21,24,30H,4-5,7-10,13,17-18H2,1-3H3;1-2H3/t21-,30+;/m0./s1. The van der Waals surface area contributed by atoms with E-state index in [-0.39, 0.29) is 11.4 Å². The van der Waals surface area contributed by atoms with Crippen molar-refractivity contribution in [1.82, 2.24) is 13.9 Å². The lowest BCUT2D eigenvalue weighted by Gasteiger charge is -2.37. The average molecular weight is 594 g/mol. The number of alkyl halides is 3. The van der Waals surface area contributed by atoms with E-state index in [0.29, 0.717) is 29.6 Å². The number of rotatable bonds is 7. The summed E-state index contributed by atoms with van der Waals surface area (Å²) in [4.78, 5) is 20.8. The van der Waals surface area contributed by atoms with Crippen LogP contribution in [-0.4, -0.2) is 32.7 Å². The minimum Gasteiger partial charge on any atom is -0.299 e. The fraction of sp³-hybridized carbons (Fsp3) is 0.514. The summed E-state index contributed by atoms with van der Waals surface area (Å²) in [7, 11) is 0. The van der Waals surface area contributed by atoms with Crippen molar-refractivity contribution < 1.29 is 13.2 Å². The summed E-state index contributed by atoms with van der Waals surface area (Å²) in [5, 5.41) is 0. The zero-order chi connectivity index (χ0) is 30.9. The molecule has 3 aliphatic rings. The van der Waals surface area contributed by atoms with Crippen molar-refractivity contribution in [3.05, 3.63) is 87.6 Å².